The van der Waals surface area contributed by atoms with Crippen molar-refractivity contribution in [1.29, 1.82) is 5.26 Å². The standard InChI is InChI=1S/C29H26N6O3S/c1-18-16-21(38-20-7-3-2-4-8-20)9-10-22(18)35-23-11-13-32-28-24(23)25(26(39-28)27(31)36)34(29(35)37)19-6-5-14-33(17-30)15-12-19/h2-4,7-11,13,16,19H,5-6,12,14-15H2,1H3,(H2,31,36). The molecule has 3 amide bonds. The highest BCUT2D eigenvalue weighted by Crippen LogP contribution is 2.50. The van der Waals surface area contributed by atoms with E-state index in [1.54, 1.807) is 27.0 Å². The molecule has 10 heteroatoms. The quantitative estimate of drug-likeness (QED) is 0.316. The molecule has 2 N–H and O–H groups in total. The van der Waals surface area contributed by atoms with E-state index in [1.165, 1.54) is 11.3 Å². The molecule has 2 aliphatic heterocycles. The van der Waals surface area contributed by atoms with Crippen LogP contribution in [0.4, 0.5) is 21.9 Å². The number of nitrogens with two attached hydrogens (primary N) is 1. The summed E-state index contributed by atoms with van der Waals surface area (Å²) < 4.78 is 6.02. The first-order valence-corrected chi connectivity index (χ1v) is 13.6. The van der Waals surface area contributed by atoms with Gasteiger partial charge in [0, 0.05) is 25.3 Å². The Kier molecular flexibility index (Phi) is 6.29. The number of aryl methyl sites for hydroxylation is 1. The molecule has 2 aromatic heterocycles. The summed E-state index contributed by atoms with van der Waals surface area (Å²) in [5, 5.41) is 10.2. The van der Waals surface area contributed by atoms with Gasteiger partial charge >= 0.3 is 6.03 Å². The average Bonchev–Trinajstić information content (AvgIpc) is 3.16. The molecule has 1 saturated heterocycles. The first kappa shape index (κ1) is 24.7. The molecule has 1 unspecified atom stereocenters. The van der Waals surface area contributed by atoms with Gasteiger partial charge < -0.3 is 15.4 Å². The monoisotopic (exact) mass is 538 g/mol. The maximum absolute atomic E-state index is 14.5. The van der Waals surface area contributed by atoms with Crippen LogP contribution in [0.5, 0.6) is 11.5 Å². The van der Waals surface area contributed by atoms with Gasteiger partial charge in [0.05, 0.1) is 22.4 Å². The third-order valence-electron chi connectivity index (χ3n) is 7.24. The Hall–Kier alpha value is -4.62. The number of likely N-dealkylation sites (tertiary alicyclic amines) is 1. The number of para-hydroxylation sites is 1. The SMILES string of the molecule is Cc1cc(Oc2ccccc2)ccc1N1C(=O)N(C2CCCN(C#N)CC2)c2c(C(N)=O)sc3nccc1c23. The molecule has 0 aliphatic carbocycles. The molecule has 0 radical (unpaired) electrons. The third kappa shape index (κ3) is 4.30. The molecule has 196 valence electrons. The number of aromatic nitrogens is 1. The lowest BCUT2D eigenvalue weighted by atomic mass is 10.0. The van der Waals surface area contributed by atoms with Gasteiger partial charge in [-0.25, -0.2) is 9.78 Å². The van der Waals surface area contributed by atoms with Crippen LogP contribution in [0.15, 0.2) is 60.8 Å². The average molecular weight is 539 g/mol. The molecule has 0 bridgehead atoms. The van der Waals surface area contributed by atoms with Gasteiger partial charge in [-0.05, 0) is 68.1 Å². The molecule has 6 rings (SSSR count). The summed E-state index contributed by atoms with van der Waals surface area (Å²) in [4.78, 5) is 37.7. The normalized spacial score (nSPS) is 17.2. The van der Waals surface area contributed by atoms with Gasteiger partial charge in [-0.2, -0.15) is 5.26 Å². The fraction of sp³-hybridized carbons (Fsp3) is 0.241. The second kappa shape index (κ2) is 9.93. The van der Waals surface area contributed by atoms with E-state index >= 15 is 0 Å². The van der Waals surface area contributed by atoms with Crippen molar-refractivity contribution in [1.82, 2.24) is 9.88 Å². The Morgan fingerprint density at radius 1 is 1.10 bits per heavy atom. The number of thiophene rings is 1. The van der Waals surface area contributed by atoms with Gasteiger partial charge in [0.2, 0.25) is 0 Å². The second-order valence-electron chi connectivity index (χ2n) is 9.68. The van der Waals surface area contributed by atoms with Crippen LogP contribution in [0.2, 0.25) is 0 Å². The van der Waals surface area contributed by atoms with E-state index in [-0.39, 0.29) is 12.1 Å². The van der Waals surface area contributed by atoms with E-state index in [9.17, 15) is 14.9 Å². The largest absolute Gasteiger partial charge is 0.457 e. The van der Waals surface area contributed by atoms with Gasteiger partial charge in [-0.3, -0.25) is 14.6 Å². The van der Waals surface area contributed by atoms with E-state index < -0.39 is 5.91 Å². The molecular weight excluding hydrogens is 512 g/mol. The second-order valence-corrected chi connectivity index (χ2v) is 10.7. The molecule has 1 fully saturated rings. The van der Waals surface area contributed by atoms with Crippen molar-refractivity contribution in [2.45, 2.75) is 32.2 Å². The van der Waals surface area contributed by atoms with Crippen LogP contribution in [0, 0.1) is 18.4 Å². The zero-order valence-electron chi connectivity index (χ0n) is 21.3. The van der Waals surface area contributed by atoms with E-state index in [1.807, 2.05) is 55.5 Å². The molecule has 0 saturated carbocycles. The molecule has 4 aromatic rings. The number of benzene rings is 2. The Morgan fingerprint density at radius 3 is 2.67 bits per heavy atom. The summed E-state index contributed by atoms with van der Waals surface area (Å²) in [7, 11) is 0. The maximum atomic E-state index is 14.5. The Morgan fingerprint density at radius 2 is 1.92 bits per heavy atom. The molecule has 0 spiro atoms. The highest BCUT2D eigenvalue weighted by atomic mass is 32.1. The van der Waals surface area contributed by atoms with E-state index in [4.69, 9.17) is 10.5 Å². The number of hydrogen-bond acceptors (Lipinski definition) is 7. The minimum absolute atomic E-state index is 0.205. The van der Waals surface area contributed by atoms with Gasteiger partial charge in [-0.15, -0.1) is 11.3 Å². The zero-order chi connectivity index (χ0) is 27.1. The Labute approximate surface area is 229 Å². The predicted octanol–water partition coefficient (Wildman–Crippen LogP) is 5.91. The molecule has 2 aliphatic rings. The van der Waals surface area contributed by atoms with Gasteiger partial charge in [0.15, 0.2) is 6.19 Å². The summed E-state index contributed by atoms with van der Waals surface area (Å²) in [5.41, 5.74) is 8.57. The lowest BCUT2D eigenvalue weighted by molar-refractivity contribution is 0.100. The number of hydrogen-bond donors (Lipinski definition) is 1. The van der Waals surface area contributed by atoms with E-state index in [0.29, 0.717) is 58.5 Å². The number of anilines is 3. The highest BCUT2D eigenvalue weighted by Gasteiger charge is 2.42. The van der Waals surface area contributed by atoms with Crippen molar-refractivity contribution in [2.24, 2.45) is 5.73 Å². The van der Waals surface area contributed by atoms with Crippen LogP contribution in [0.25, 0.3) is 10.2 Å². The number of rotatable bonds is 5. The van der Waals surface area contributed by atoms with Crippen molar-refractivity contribution >= 4 is 50.6 Å². The molecule has 2 aromatic carbocycles. The molecule has 1 atom stereocenters. The number of urea groups is 1. The topological polar surface area (TPSA) is 116 Å². The summed E-state index contributed by atoms with van der Waals surface area (Å²) in [6.45, 7) is 3.12. The van der Waals surface area contributed by atoms with Gasteiger partial charge in [-0.1, -0.05) is 18.2 Å². The number of carbonyl (C=O) groups excluding carboxylic acids is 2. The van der Waals surface area contributed by atoms with Crippen LogP contribution >= 0.6 is 11.3 Å². The fourth-order valence-corrected chi connectivity index (χ4v) is 6.46. The molecule has 9 nitrogen and oxygen atoms in total. The van der Waals surface area contributed by atoms with E-state index in [0.717, 1.165) is 23.1 Å². The fourth-order valence-electron chi connectivity index (χ4n) is 5.46. The van der Waals surface area contributed by atoms with Crippen molar-refractivity contribution in [2.75, 3.05) is 22.9 Å². The Bertz CT molecular complexity index is 1630. The maximum Gasteiger partial charge on any atom is 0.333 e. The van der Waals surface area contributed by atoms with Crippen molar-refractivity contribution in [3.63, 3.8) is 0 Å². The number of nitriles is 1. The molecule has 4 heterocycles. The number of amides is 3. The third-order valence-corrected chi connectivity index (χ3v) is 8.34. The lowest BCUT2D eigenvalue weighted by Gasteiger charge is -2.40. The predicted molar refractivity (Wildman–Crippen MR) is 151 cm³/mol. The molecular formula is C29H26N6O3S. The van der Waals surface area contributed by atoms with Crippen LogP contribution in [-0.2, 0) is 0 Å². The number of carbonyl (C=O) groups is 2. The summed E-state index contributed by atoms with van der Waals surface area (Å²) in [6.07, 6.45) is 5.93. The number of pyridine rings is 1. The number of ether oxygens (including phenoxy) is 1. The van der Waals surface area contributed by atoms with Crippen LogP contribution < -0.4 is 20.3 Å². The summed E-state index contributed by atoms with van der Waals surface area (Å²) in [6, 6.07) is 16.5. The van der Waals surface area contributed by atoms with Crippen molar-refractivity contribution in [3.8, 4) is 17.7 Å². The van der Waals surface area contributed by atoms with Gasteiger partial charge in [0.25, 0.3) is 5.91 Å². The first-order chi connectivity index (χ1) is 19.0. The van der Waals surface area contributed by atoms with Gasteiger partial charge in [0.1, 0.15) is 21.2 Å². The summed E-state index contributed by atoms with van der Waals surface area (Å²) in [5.74, 6) is 0.801. The van der Waals surface area contributed by atoms with Crippen LogP contribution in [0.3, 0.4) is 0 Å². The highest BCUT2D eigenvalue weighted by molar-refractivity contribution is 7.21. The number of primary amides is 1. The van der Waals surface area contributed by atoms with Crippen LogP contribution in [0.1, 0.15) is 34.5 Å². The first-order valence-electron chi connectivity index (χ1n) is 12.8. The zero-order valence-corrected chi connectivity index (χ0v) is 22.1. The molecule has 39 heavy (non-hydrogen) atoms. The van der Waals surface area contributed by atoms with Crippen molar-refractivity contribution in [3.05, 3.63) is 71.2 Å². The smallest absolute Gasteiger partial charge is 0.333 e. The number of nitrogens with zero attached hydrogens (tertiary/aromatic N) is 5. The minimum Gasteiger partial charge on any atom is -0.457 e. The summed E-state index contributed by atoms with van der Waals surface area (Å²) >= 11 is 1.21. The minimum atomic E-state index is -0.587. The lowest BCUT2D eigenvalue weighted by Crippen LogP contribution is -2.50. The van der Waals surface area contributed by atoms with E-state index in [2.05, 4.69) is 11.2 Å². The van der Waals surface area contributed by atoms with Crippen LogP contribution in [-0.4, -0.2) is 41.0 Å². The Balaban J connectivity index is 1.47. The van der Waals surface area contributed by atoms with Crippen molar-refractivity contribution < 1.29 is 14.3 Å².